The van der Waals surface area contributed by atoms with E-state index in [1.165, 1.54) is 0 Å². The summed E-state index contributed by atoms with van der Waals surface area (Å²) in [5.74, 6) is 0. The Hall–Kier alpha value is -2.11. The number of halogens is 1. The Morgan fingerprint density at radius 3 is 2.45 bits per heavy atom. The molecule has 0 saturated carbocycles. The maximum Gasteiger partial charge on any atom is 0.319 e. The summed E-state index contributed by atoms with van der Waals surface area (Å²) in [5.41, 5.74) is 1.41. The molecule has 0 fully saturated rings. The average Bonchev–Trinajstić information content (AvgIpc) is 2.47. The molecule has 0 saturated heterocycles. The zero-order valence-electron chi connectivity index (χ0n) is 10.6. The molecule has 0 aliphatic heterocycles. The Balaban J connectivity index is 1.99. The number of aromatic nitrogens is 1. The van der Waals surface area contributed by atoms with Gasteiger partial charge in [-0.15, -0.1) is 0 Å². The Labute approximate surface area is 121 Å². The van der Waals surface area contributed by atoms with E-state index in [0.717, 1.165) is 5.56 Å². The molecule has 5 nitrogen and oxygen atoms in total. The van der Waals surface area contributed by atoms with Gasteiger partial charge in [0.25, 0.3) is 0 Å². The van der Waals surface area contributed by atoms with Crippen LogP contribution in [0.5, 0.6) is 0 Å². The number of amides is 2. The van der Waals surface area contributed by atoms with Crippen molar-refractivity contribution >= 4 is 23.3 Å². The second-order valence-electron chi connectivity index (χ2n) is 4.12. The van der Waals surface area contributed by atoms with Gasteiger partial charge in [0.2, 0.25) is 0 Å². The van der Waals surface area contributed by atoms with E-state index in [1.807, 2.05) is 0 Å². The van der Waals surface area contributed by atoms with Gasteiger partial charge < -0.3 is 15.7 Å². The minimum atomic E-state index is -0.492. The maximum atomic E-state index is 11.8. The van der Waals surface area contributed by atoms with Gasteiger partial charge in [-0.2, -0.15) is 0 Å². The predicted octanol–water partition coefficient (Wildman–Crippen LogP) is 2.59. The van der Waals surface area contributed by atoms with Gasteiger partial charge in [-0.25, -0.2) is 4.79 Å². The number of aliphatic hydroxyl groups is 1. The van der Waals surface area contributed by atoms with Crippen LogP contribution < -0.4 is 10.6 Å². The number of carbonyl (C=O) groups excluding carboxylic acids is 1. The number of benzene rings is 1. The van der Waals surface area contributed by atoms with Crippen molar-refractivity contribution in [2.24, 2.45) is 0 Å². The van der Waals surface area contributed by atoms with Crippen molar-refractivity contribution in [1.29, 1.82) is 0 Å². The van der Waals surface area contributed by atoms with Crippen LogP contribution in [0.2, 0.25) is 5.02 Å². The normalized spacial score (nSPS) is 11.7. The summed E-state index contributed by atoms with van der Waals surface area (Å²) in [6, 6.07) is 9.40. The van der Waals surface area contributed by atoms with Crippen molar-refractivity contribution in [3.05, 3.63) is 59.4 Å². The molecule has 2 rings (SSSR count). The molecule has 1 heterocycles. The lowest BCUT2D eigenvalue weighted by Gasteiger charge is -2.17. The summed E-state index contributed by atoms with van der Waals surface area (Å²) < 4.78 is 0. The number of pyridine rings is 1. The van der Waals surface area contributed by atoms with E-state index in [2.05, 4.69) is 15.6 Å². The van der Waals surface area contributed by atoms with Gasteiger partial charge in [0.15, 0.2) is 0 Å². The highest BCUT2D eigenvalue weighted by Crippen LogP contribution is 2.16. The van der Waals surface area contributed by atoms with Crippen molar-refractivity contribution < 1.29 is 9.90 Å². The molecule has 1 aromatic carbocycles. The monoisotopic (exact) mass is 291 g/mol. The van der Waals surface area contributed by atoms with Gasteiger partial charge in [-0.05, 0) is 29.8 Å². The van der Waals surface area contributed by atoms with E-state index < -0.39 is 12.1 Å². The Morgan fingerprint density at radius 1 is 1.20 bits per heavy atom. The molecule has 0 radical (unpaired) electrons. The number of rotatable bonds is 4. The molecule has 0 spiro atoms. The van der Waals surface area contributed by atoms with Crippen LogP contribution in [0.3, 0.4) is 0 Å². The summed E-state index contributed by atoms with van der Waals surface area (Å²) in [6.45, 7) is -0.203. The molecule has 0 bridgehead atoms. The molecule has 1 unspecified atom stereocenters. The van der Waals surface area contributed by atoms with Gasteiger partial charge in [0.1, 0.15) is 0 Å². The first-order valence-electron chi connectivity index (χ1n) is 6.03. The number of carbonyl (C=O) groups is 1. The van der Waals surface area contributed by atoms with E-state index >= 15 is 0 Å². The Kier molecular flexibility index (Phi) is 4.92. The van der Waals surface area contributed by atoms with Gasteiger partial charge in [0, 0.05) is 23.1 Å². The van der Waals surface area contributed by atoms with Crippen LogP contribution in [0.15, 0.2) is 48.8 Å². The highest BCUT2D eigenvalue weighted by Gasteiger charge is 2.13. The molecular formula is C14H14ClN3O2. The number of hydrogen-bond donors (Lipinski definition) is 3. The van der Waals surface area contributed by atoms with Crippen LogP contribution in [0.4, 0.5) is 10.5 Å². The van der Waals surface area contributed by atoms with Crippen molar-refractivity contribution in [2.45, 2.75) is 6.04 Å². The van der Waals surface area contributed by atoms with E-state index in [4.69, 9.17) is 11.6 Å². The fraction of sp³-hybridized carbons (Fsp3) is 0.143. The fourth-order valence-corrected chi connectivity index (χ4v) is 1.82. The lowest BCUT2D eigenvalue weighted by atomic mass is 10.1. The highest BCUT2D eigenvalue weighted by atomic mass is 35.5. The minimum absolute atomic E-state index is 0.203. The number of nitrogens with one attached hydrogen (secondary N) is 2. The largest absolute Gasteiger partial charge is 0.394 e. The minimum Gasteiger partial charge on any atom is -0.394 e. The zero-order chi connectivity index (χ0) is 14.4. The van der Waals surface area contributed by atoms with E-state index in [9.17, 15) is 9.90 Å². The molecule has 2 amide bonds. The zero-order valence-corrected chi connectivity index (χ0v) is 11.3. The van der Waals surface area contributed by atoms with Gasteiger partial charge in [-0.1, -0.05) is 23.7 Å². The van der Waals surface area contributed by atoms with Crippen LogP contribution in [0, 0.1) is 0 Å². The first-order valence-corrected chi connectivity index (χ1v) is 6.40. The molecule has 0 aliphatic rings. The third-order valence-electron chi connectivity index (χ3n) is 2.70. The third kappa shape index (κ3) is 3.94. The molecular weight excluding hydrogens is 278 g/mol. The van der Waals surface area contributed by atoms with Crippen LogP contribution >= 0.6 is 11.6 Å². The summed E-state index contributed by atoms with van der Waals surface area (Å²) in [5, 5.41) is 15.3. The molecule has 6 heteroatoms. The van der Waals surface area contributed by atoms with Gasteiger partial charge >= 0.3 is 6.03 Å². The van der Waals surface area contributed by atoms with Crippen LogP contribution in [0.1, 0.15) is 11.6 Å². The second kappa shape index (κ2) is 6.88. The first-order chi connectivity index (χ1) is 9.69. The quantitative estimate of drug-likeness (QED) is 0.810. The fourth-order valence-electron chi connectivity index (χ4n) is 1.69. The maximum absolute atomic E-state index is 11.8. The van der Waals surface area contributed by atoms with Gasteiger partial charge in [-0.3, -0.25) is 4.98 Å². The standard InChI is InChI=1S/C14H14ClN3O2/c15-11-3-1-10(2-4-11)13(9-19)18-14(20)17-12-5-7-16-8-6-12/h1-8,13,19H,9H2,(H2,16,17,18,20). The second-order valence-corrected chi connectivity index (χ2v) is 4.56. The van der Waals surface area contributed by atoms with Crippen molar-refractivity contribution in [3.8, 4) is 0 Å². The van der Waals surface area contributed by atoms with Crippen LogP contribution in [0.25, 0.3) is 0 Å². The number of nitrogens with zero attached hydrogens (tertiary/aromatic N) is 1. The summed E-state index contributed by atoms with van der Waals surface area (Å²) in [7, 11) is 0. The molecule has 1 aromatic heterocycles. The number of urea groups is 1. The van der Waals surface area contributed by atoms with Crippen molar-refractivity contribution in [1.82, 2.24) is 10.3 Å². The molecule has 1 atom stereocenters. The van der Waals surface area contributed by atoms with E-state index in [0.29, 0.717) is 10.7 Å². The predicted molar refractivity (Wildman–Crippen MR) is 77.7 cm³/mol. The lowest BCUT2D eigenvalue weighted by Crippen LogP contribution is -2.34. The summed E-state index contributed by atoms with van der Waals surface area (Å²) >= 11 is 5.80. The first kappa shape index (κ1) is 14.3. The highest BCUT2D eigenvalue weighted by molar-refractivity contribution is 6.30. The molecule has 2 aromatic rings. The van der Waals surface area contributed by atoms with E-state index in [-0.39, 0.29) is 6.61 Å². The number of anilines is 1. The average molecular weight is 292 g/mol. The Bertz CT molecular complexity index is 560. The van der Waals surface area contributed by atoms with Crippen molar-refractivity contribution in [2.75, 3.05) is 11.9 Å². The topological polar surface area (TPSA) is 74.2 Å². The smallest absolute Gasteiger partial charge is 0.319 e. The van der Waals surface area contributed by atoms with Crippen LogP contribution in [-0.2, 0) is 0 Å². The number of aliphatic hydroxyl groups excluding tert-OH is 1. The molecule has 20 heavy (non-hydrogen) atoms. The lowest BCUT2D eigenvalue weighted by molar-refractivity contribution is 0.225. The third-order valence-corrected chi connectivity index (χ3v) is 2.95. The molecule has 0 aliphatic carbocycles. The van der Waals surface area contributed by atoms with Gasteiger partial charge in [0.05, 0.1) is 12.6 Å². The van der Waals surface area contributed by atoms with Crippen LogP contribution in [-0.4, -0.2) is 22.7 Å². The summed E-state index contributed by atoms with van der Waals surface area (Å²) in [4.78, 5) is 15.7. The summed E-state index contributed by atoms with van der Waals surface area (Å²) in [6.07, 6.45) is 3.16. The Morgan fingerprint density at radius 2 is 1.85 bits per heavy atom. The molecule has 104 valence electrons. The van der Waals surface area contributed by atoms with E-state index in [1.54, 1.807) is 48.8 Å². The van der Waals surface area contributed by atoms with Crippen molar-refractivity contribution in [3.63, 3.8) is 0 Å². The SMILES string of the molecule is O=C(Nc1ccncc1)NC(CO)c1ccc(Cl)cc1. The number of hydrogen-bond acceptors (Lipinski definition) is 3. The molecule has 3 N–H and O–H groups in total.